The van der Waals surface area contributed by atoms with Crippen molar-refractivity contribution in [2.45, 2.75) is 0 Å². The van der Waals surface area contributed by atoms with E-state index in [1.54, 1.807) is 0 Å². The van der Waals surface area contributed by atoms with E-state index in [2.05, 4.69) is 12.3 Å². The number of carbonyl (C=O) groups excluding carboxylic acids is 1. The van der Waals surface area contributed by atoms with Gasteiger partial charge in [0, 0.05) is 0 Å². The lowest BCUT2D eigenvalue weighted by Crippen LogP contribution is -2.11. The van der Waals surface area contributed by atoms with E-state index >= 15 is 0 Å². The fraction of sp³-hybridized carbons (Fsp3) is 0. The van der Waals surface area contributed by atoms with Crippen LogP contribution in [0.3, 0.4) is 0 Å². The molecule has 0 aromatic heterocycles. The predicted molar refractivity (Wildman–Crippen MR) is 28.2 cm³/mol. The predicted octanol–water partition coefficient (Wildman–Crippen LogP) is -0.0348. The first-order valence-corrected chi connectivity index (χ1v) is 1.32. The molecule has 0 aliphatic carbocycles. The summed E-state index contributed by atoms with van der Waals surface area (Å²) in [5.41, 5.74) is 4.45. The van der Waals surface area contributed by atoms with Gasteiger partial charge >= 0.3 is 0 Å². The van der Waals surface area contributed by atoms with Crippen LogP contribution in [-0.4, -0.2) is 11.0 Å². The van der Waals surface area contributed by atoms with Crippen LogP contribution >= 0.6 is 12.4 Å². The molecule has 0 saturated carbocycles. The molecule has 0 heterocycles. The summed E-state index contributed by atoms with van der Waals surface area (Å²) in [5, 5.41) is 7.96. The van der Waals surface area contributed by atoms with Gasteiger partial charge in [0.15, 0.2) is 5.76 Å². The van der Waals surface area contributed by atoms with E-state index in [0.717, 1.165) is 0 Å². The number of amides is 1. The third-order valence-electron chi connectivity index (χ3n) is 0.284. The van der Waals surface area contributed by atoms with Crippen LogP contribution in [0.5, 0.6) is 0 Å². The Morgan fingerprint density at radius 2 is 1.86 bits per heavy atom. The molecule has 0 fully saturated rings. The highest BCUT2D eigenvalue weighted by atomic mass is 35.5. The van der Waals surface area contributed by atoms with Crippen LogP contribution in [0.25, 0.3) is 0 Å². The molecule has 0 saturated heterocycles. The largest absolute Gasteiger partial charge is 0.503 e. The third-order valence-corrected chi connectivity index (χ3v) is 0.284. The fourth-order valence-corrected chi connectivity index (χ4v) is 0. The summed E-state index contributed by atoms with van der Waals surface area (Å²) in [4.78, 5) is 9.57. The first-order valence-electron chi connectivity index (χ1n) is 1.32. The molecule has 0 aliphatic heterocycles. The van der Waals surface area contributed by atoms with Crippen molar-refractivity contribution in [3.05, 3.63) is 12.3 Å². The van der Waals surface area contributed by atoms with Crippen LogP contribution in [0.15, 0.2) is 12.3 Å². The zero-order valence-electron chi connectivity index (χ0n) is 3.55. The van der Waals surface area contributed by atoms with Crippen LogP contribution in [0.4, 0.5) is 0 Å². The van der Waals surface area contributed by atoms with E-state index in [4.69, 9.17) is 5.11 Å². The number of halogens is 1. The summed E-state index contributed by atoms with van der Waals surface area (Å²) in [7, 11) is 0. The van der Waals surface area contributed by atoms with Gasteiger partial charge in [0.2, 0.25) is 0 Å². The summed E-state index contributed by atoms with van der Waals surface area (Å²) < 4.78 is 0. The highest BCUT2D eigenvalue weighted by molar-refractivity contribution is 5.88. The summed E-state index contributed by atoms with van der Waals surface area (Å²) >= 11 is 0. The van der Waals surface area contributed by atoms with Crippen molar-refractivity contribution >= 4 is 18.3 Å². The molecule has 0 radical (unpaired) electrons. The van der Waals surface area contributed by atoms with Crippen molar-refractivity contribution < 1.29 is 9.90 Å². The maximum atomic E-state index is 9.57. The smallest absolute Gasteiger partial charge is 0.282 e. The van der Waals surface area contributed by atoms with Crippen molar-refractivity contribution in [3.8, 4) is 0 Å². The van der Waals surface area contributed by atoms with Crippen LogP contribution in [0.1, 0.15) is 0 Å². The van der Waals surface area contributed by atoms with E-state index in [9.17, 15) is 4.79 Å². The summed E-state index contributed by atoms with van der Waals surface area (Å²) in [5.74, 6) is -1.48. The molecule has 0 unspecified atom stereocenters. The van der Waals surface area contributed by atoms with Gasteiger partial charge in [0.25, 0.3) is 5.91 Å². The Labute approximate surface area is 47.2 Å². The molecule has 3 nitrogen and oxygen atoms in total. The minimum absolute atomic E-state index is 0. The van der Waals surface area contributed by atoms with Crippen molar-refractivity contribution in [1.29, 1.82) is 0 Å². The number of carbonyl (C=O) groups is 1. The maximum absolute atomic E-state index is 9.57. The molecule has 4 heteroatoms. The Hall–Kier alpha value is -0.700. The van der Waals surface area contributed by atoms with E-state index < -0.39 is 11.7 Å². The number of primary amides is 1. The Morgan fingerprint density at radius 3 is 1.86 bits per heavy atom. The lowest BCUT2D eigenvalue weighted by atomic mass is 10.6. The van der Waals surface area contributed by atoms with Crippen molar-refractivity contribution in [2.75, 3.05) is 0 Å². The second-order valence-electron chi connectivity index (χ2n) is 0.811. The van der Waals surface area contributed by atoms with Crippen LogP contribution < -0.4 is 5.73 Å². The Kier molecular flexibility index (Phi) is 4.77. The number of nitrogens with two attached hydrogens (primary N) is 1. The van der Waals surface area contributed by atoms with E-state index in [1.807, 2.05) is 0 Å². The zero-order chi connectivity index (χ0) is 5.15. The average Bonchev–Trinajstić information content (AvgIpc) is 1.36. The molecule has 7 heavy (non-hydrogen) atoms. The average molecular weight is 124 g/mol. The minimum Gasteiger partial charge on any atom is -0.503 e. The van der Waals surface area contributed by atoms with Crippen LogP contribution in [0, 0.1) is 0 Å². The third kappa shape index (κ3) is 5.30. The van der Waals surface area contributed by atoms with Gasteiger partial charge in [-0.2, -0.15) is 0 Å². The topological polar surface area (TPSA) is 63.3 Å². The van der Waals surface area contributed by atoms with Gasteiger partial charge in [-0.15, -0.1) is 12.4 Å². The van der Waals surface area contributed by atoms with Crippen molar-refractivity contribution in [1.82, 2.24) is 0 Å². The maximum Gasteiger partial charge on any atom is 0.282 e. The molecule has 3 N–H and O–H groups in total. The number of hydrogen-bond donors (Lipinski definition) is 2. The van der Waals surface area contributed by atoms with E-state index in [1.165, 1.54) is 0 Å². The SMILES string of the molecule is C=C(O)C(N)=O.Cl. The minimum atomic E-state index is -0.880. The van der Waals surface area contributed by atoms with E-state index in [0.29, 0.717) is 0 Å². The lowest BCUT2D eigenvalue weighted by molar-refractivity contribution is -0.116. The van der Waals surface area contributed by atoms with Crippen LogP contribution in [0.2, 0.25) is 0 Å². The van der Waals surface area contributed by atoms with Gasteiger partial charge in [-0.25, -0.2) is 0 Å². The lowest BCUT2D eigenvalue weighted by Gasteiger charge is -1.81. The monoisotopic (exact) mass is 123 g/mol. The quantitative estimate of drug-likeness (QED) is 0.380. The molecule has 0 atom stereocenters. The second-order valence-corrected chi connectivity index (χ2v) is 0.811. The number of rotatable bonds is 1. The molecule has 0 aromatic rings. The molecule has 1 amide bonds. The number of aliphatic hydroxyl groups excluding tert-OH is 1. The molecule has 0 bridgehead atoms. The summed E-state index contributed by atoms with van der Waals surface area (Å²) in [6.07, 6.45) is 0. The van der Waals surface area contributed by atoms with Gasteiger partial charge < -0.3 is 10.8 Å². The van der Waals surface area contributed by atoms with Gasteiger partial charge in [-0.05, 0) is 0 Å². The molecule has 0 aliphatic rings. The Bertz CT molecular complexity index is 78.9. The van der Waals surface area contributed by atoms with Gasteiger partial charge in [0.05, 0.1) is 0 Å². The first kappa shape index (κ1) is 9.57. The molecule has 42 valence electrons. The Morgan fingerprint density at radius 1 is 1.71 bits per heavy atom. The first-order chi connectivity index (χ1) is 2.64. The zero-order valence-corrected chi connectivity index (χ0v) is 4.36. The van der Waals surface area contributed by atoms with Gasteiger partial charge in [-0.3, -0.25) is 4.79 Å². The van der Waals surface area contributed by atoms with Crippen molar-refractivity contribution in [3.63, 3.8) is 0 Å². The highest BCUT2D eigenvalue weighted by Gasteiger charge is 1.90. The second kappa shape index (κ2) is 3.49. The molecule has 0 spiro atoms. The fourth-order valence-electron chi connectivity index (χ4n) is 0. The molecule has 0 rings (SSSR count). The molecular formula is C3H6ClNO2. The van der Waals surface area contributed by atoms with Crippen LogP contribution in [-0.2, 0) is 4.79 Å². The number of aliphatic hydroxyl groups is 1. The molecule has 0 aromatic carbocycles. The Balaban J connectivity index is 0. The van der Waals surface area contributed by atoms with E-state index in [-0.39, 0.29) is 12.4 Å². The summed E-state index contributed by atoms with van der Waals surface area (Å²) in [6, 6.07) is 0. The van der Waals surface area contributed by atoms with Crippen molar-refractivity contribution in [2.24, 2.45) is 5.73 Å². The standard InChI is InChI=1S/C3H5NO2.ClH/c1-2(5)3(4)6;/h5H,1H2,(H2,4,6);1H. The molecular weight excluding hydrogens is 117 g/mol. The van der Waals surface area contributed by atoms with Gasteiger partial charge in [0.1, 0.15) is 0 Å². The summed E-state index contributed by atoms with van der Waals surface area (Å²) in [6.45, 7) is 2.84. The number of hydrogen-bond acceptors (Lipinski definition) is 2. The normalized spacial score (nSPS) is 6.29. The highest BCUT2D eigenvalue weighted by Crippen LogP contribution is 1.71. The van der Waals surface area contributed by atoms with Gasteiger partial charge in [-0.1, -0.05) is 6.58 Å².